The maximum absolute atomic E-state index is 5.49. The van der Waals surface area contributed by atoms with E-state index in [-0.39, 0.29) is 7.43 Å². The molecule has 0 N–H and O–H groups in total. The van der Waals surface area contributed by atoms with Crippen LogP contribution in [0.4, 0.5) is 0 Å². The zero-order chi connectivity index (χ0) is 15.8. The second kappa shape index (κ2) is 18.9. The minimum absolute atomic E-state index is 0. The van der Waals surface area contributed by atoms with E-state index in [1.165, 1.54) is 6.42 Å². The molecule has 4 heteroatoms. The van der Waals surface area contributed by atoms with Gasteiger partial charge >= 0.3 is 0 Å². The molecule has 0 unspecified atom stereocenters. The third kappa shape index (κ3) is 22.1. The Bertz CT molecular complexity index is 176. The van der Waals surface area contributed by atoms with Gasteiger partial charge in [-0.2, -0.15) is 0 Å². The van der Waals surface area contributed by atoms with Gasteiger partial charge in [0.05, 0.1) is 39.6 Å². The predicted molar refractivity (Wildman–Crippen MR) is 93.5 cm³/mol. The first kappa shape index (κ1) is 24.1. The molecule has 0 atom stereocenters. The summed E-state index contributed by atoms with van der Waals surface area (Å²) in [4.78, 5) is 0. The van der Waals surface area contributed by atoms with E-state index >= 15 is 0 Å². The lowest BCUT2D eigenvalue weighted by atomic mass is 10.1. The fourth-order valence-electron chi connectivity index (χ4n) is 1.67. The van der Waals surface area contributed by atoms with Crippen LogP contribution in [0.3, 0.4) is 0 Å². The molecule has 0 aromatic heterocycles. The molecule has 0 bridgehead atoms. The fourth-order valence-corrected chi connectivity index (χ4v) is 1.67. The van der Waals surface area contributed by atoms with Crippen molar-refractivity contribution in [2.45, 2.75) is 54.4 Å². The van der Waals surface area contributed by atoms with Gasteiger partial charge in [-0.05, 0) is 31.1 Å². The maximum atomic E-state index is 5.49. The zero-order valence-electron chi connectivity index (χ0n) is 14.6. The summed E-state index contributed by atoms with van der Waals surface area (Å²) < 4.78 is 21.8. The summed E-state index contributed by atoms with van der Waals surface area (Å²) >= 11 is 0. The molecule has 0 saturated heterocycles. The van der Waals surface area contributed by atoms with E-state index in [4.69, 9.17) is 18.9 Å². The lowest BCUT2D eigenvalue weighted by Crippen LogP contribution is -2.12. The molecule has 0 heterocycles. The van der Waals surface area contributed by atoms with Gasteiger partial charge in [-0.3, -0.25) is 0 Å². The molecule has 0 amide bonds. The first-order valence-corrected chi connectivity index (χ1v) is 8.44. The number of rotatable bonds is 16. The molecule has 0 aliphatic heterocycles. The highest BCUT2D eigenvalue weighted by Crippen LogP contribution is 2.02. The highest BCUT2D eigenvalue weighted by atomic mass is 16.6. The molecule has 0 radical (unpaired) electrons. The van der Waals surface area contributed by atoms with Crippen LogP contribution in [0.5, 0.6) is 0 Å². The lowest BCUT2D eigenvalue weighted by Gasteiger charge is -2.08. The third-order valence-electron chi connectivity index (χ3n) is 3.03. The summed E-state index contributed by atoms with van der Waals surface area (Å²) in [6.45, 7) is 14.4. The Balaban J connectivity index is 0. The van der Waals surface area contributed by atoms with Crippen LogP contribution in [0, 0.1) is 11.8 Å². The molecule has 0 saturated carbocycles. The van der Waals surface area contributed by atoms with Gasteiger partial charge in [-0.25, -0.2) is 0 Å². The number of ether oxygens (including phenoxy) is 4. The van der Waals surface area contributed by atoms with E-state index in [0.29, 0.717) is 45.6 Å². The molecular formula is C18H40O4. The molecule has 0 rings (SSSR count). The smallest absolute Gasteiger partial charge is 0.0701 e. The fraction of sp³-hybridized carbons (Fsp3) is 1.00. The van der Waals surface area contributed by atoms with E-state index in [2.05, 4.69) is 27.7 Å². The van der Waals surface area contributed by atoms with Gasteiger partial charge in [0.2, 0.25) is 0 Å². The number of hydrogen-bond donors (Lipinski definition) is 0. The summed E-state index contributed by atoms with van der Waals surface area (Å²) in [7, 11) is 0. The highest BCUT2D eigenvalue weighted by molar-refractivity contribution is 4.45. The van der Waals surface area contributed by atoms with Gasteiger partial charge in [-0.1, -0.05) is 35.1 Å². The van der Waals surface area contributed by atoms with Gasteiger partial charge in [0.25, 0.3) is 0 Å². The van der Waals surface area contributed by atoms with Gasteiger partial charge < -0.3 is 18.9 Å². The van der Waals surface area contributed by atoms with Crippen molar-refractivity contribution < 1.29 is 18.9 Å². The predicted octanol–water partition coefficient (Wildman–Crippen LogP) is 4.17. The van der Waals surface area contributed by atoms with Crippen LogP contribution >= 0.6 is 0 Å². The van der Waals surface area contributed by atoms with Crippen molar-refractivity contribution in [1.82, 2.24) is 0 Å². The second-order valence-corrected chi connectivity index (χ2v) is 6.17. The van der Waals surface area contributed by atoms with E-state index in [1.54, 1.807) is 0 Å². The van der Waals surface area contributed by atoms with Crippen LogP contribution in [-0.2, 0) is 18.9 Å². The van der Waals surface area contributed by atoms with Crippen molar-refractivity contribution in [3.05, 3.63) is 0 Å². The molecule has 0 aromatic carbocycles. The van der Waals surface area contributed by atoms with E-state index in [9.17, 15) is 0 Å². The summed E-state index contributed by atoms with van der Waals surface area (Å²) in [6.07, 6.45) is 3.48. The Kier molecular flexibility index (Phi) is 20.7. The Hall–Kier alpha value is -0.160. The molecule has 0 aliphatic carbocycles. The van der Waals surface area contributed by atoms with Crippen molar-refractivity contribution in [2.75, 3.05) is 52.9 Å². The van der Waals surface area contributed by atoms with Crippen LogP contribution in [0.1, 0.15) is 54.4 Å². The normalized spacial score (nSPS) is 11.2. The average molecular weight is 321 g/mol. The first-order chi connectivity index (χ1) is 10.1. The van der Waals surface area contributed by atoms with Crippen LogP contribution in [0.25, 0.3) is 0 Å². The van der Waals surface area contributed by atoms with Gasteiger partial charge in [0, 0.05) is 13.2 Å². The van der Waals surface area contributed by atoms with Gasteiger partial charge in [0.1, 0.15) is 0 Å². The Labute approximate surface area is 138 Å². The van der Waals surface area contributed by atoms with Crippen molar-refractivity contribution in [3.63, 3.8) is 0 Å². The summed E-state index contributed by atoms with van der Waals surface area (Å²) in [6, 6.07) is 0. The molecule has 0 fully saturated rings. The standard InChI is InChI=1S/C17H36O4.CH4/c1-16(2)6-5-8-18-10-12-20-14-15-21-13-11-19-9-7-17(3)4;/h16-17H,5-15H2,1-4H3;1H4. The second-order valence-electron chi connectivity index (χ2n) is 6.17. The monoisotopic (exact) mass is 320 g/mol. The topological polar surface area (TPSA) is 36.9 Å². The largest absolute Gasteiger partial charge is 0.379 e. The summed E-state index contributed by atoms with van der Waals surface area (Å²) in [5.41, 5.74) is 0. The van der Waals surface area contributed by atoms with Crippen molar-refractivity contribution in [3.8, 4) is 0 Å². The van der Waals surface area contributed by atoms with Gasteiger partial charge in [-0.15, -0.1) is 0 Å². The molecular weight excluding hydrogens is 280 g/mol. The minimum Gasteiger partial charge on any atom is -0.379 e. The molecule has 22 heavy (non-hydrogen) atoms. The summed E-state index contributed by atoms with van der Waals surface area (Å²) in [5, 5.41) is 0. The summed E-state index contributed by atoms with van der Waals surface area (Å²) in [5.74, 6) is 1.46. The molecule has 136 valence electrons. The minimum atomic E-state index is 0. The van der Waals surface area contributed by atoms with Gasteiger partial charge in [0.15, 0.2) is 0 Å². The van der Waals surface area contributed by atoms with Crippen LogP contribution in [-0.4, -0.2) is 52.9 Å². The molecule has 4 nitrogen and oxygen atoms in total. The molecule has 0 spiro atoms. The maximum Gasteiger partial charge on any atom is 0.0701 e. The van der Waals surface area contributed by atoms with Crippen LogP contribution < -0.4 is 0 Å². The zero-order valence-corrected chi connectivity index (χ0v) is 14.6. The molecule has 0 aliphatic rings. The number of hydrogen-bond acceptors (Lipinski definition) is 4. The van der Waals surface area contributed by atoms with Crippen molar-refractivity contribution in [2.24, 2.45) is 11.8 Å². The van der Waals surface area contributed by atoms with E-state index in [0.717, 1.165) is 32.0 Å². The highest BCUT2D eigenvalue weighted by Gasteiger charge is 1.96. The van der Waals surface area contributed by atoms with Crippen LogP contribution in [0.2, 0.25) is 0 Å². The quantitative estimate of drug-likeness (QED) is 0.400. The van der Waals surface area contributed by atoms with Crippen LogP contribution in [0.15, 0.2) is 0 Å². The van der Waals surface area contributed by atoms with Crippen molar-refractivity contribution >= 4 is 0 Å². The van der Waals surface area contributed by atoms with E-state index in [1.807, 2.05) is 0 Å². The Morgan fingerprint density at radius 3 is 1.27 bits per heavy atom. The molecule has 0 aromatic rings. The Morgan fingerprint density at radius 2 is 0.864 bits per heavy atom. The third-order valence-corrected chi connectivity index (χ3v) is 3.03. The SMILES string of the molecule is C.CC(C)CCCOCCOCCOCCOCCC(C)C. The lowest BCUT2D eigenvalue weighted by molar-refractivity contribution is -0.00318. The van der Waals surface area contributed by atoms with E-state index < -0.39 is 0 Å². The first-order valence-electron chi connectivity index (χ1n) is 8.44. The van der Waals surface area contributed by atoms with Crippen molar-refractivity contribution in [1.29, 1.82) is 0 Å². The average Bonchev–Trinajstić information content (AvgIpc) is 2.42. The Morgan fingerprint density at radius 1 is 0.500 bits per heavy atom.